The van der Waals surface area contributed by atoms with Crippen molar-refractivity contribution >= 4 is 44.0 Å². The number of rotatable bonds is 8. The number of hydrogen-bond donors (Lipinski definition) is 1. The van der Waals surface area contributed by atoms with E-state index < -0.39 is 16.3 Å². The second kappa shape index (κ2) is 9.66. The maximum atomic E-state index is 14.0. The second-order valence-corrected chi connectivity index (χ2v) is 12.4. The van der Waals surface area contributed by atoms with E-state index in [1.807, 2.05) is 51.1 Å². The summed E-state index contributed by atoms with van der Waals surface area (Å²) in [6.07, 6.45) is 3.13. The van der Waals surface area contributed by atoms with Gasteiger partial charge in [-0.2, -0.15) is 0 Å². The molecule has 0 unspecified atom stereocenters. The van der Waals surface area contributed by atoms with Crippen LogP contribution in [0.2, 0.25) is 0 Å². The van der Waals surface area contributed by atoms with Gasteiger partial charge in [0.1, 0.15) is 0 Å². The van der Waals surface area contributed by atoms with Crippen LogP contribution in [0.25, 0.3) is 5.57 Å². The van der Waals surface area contributed by atoms with Gasteiger partial charge in [-0.15, -0.1) is 0 Å². The van der Waals surface area contributed by atoms with Crippen LogP contribution in [0.3, 0.4) is 0 Å². The number of allylic oxidation sites excluding steroid dienone is 2. The number of anilines is 1. The van der Waals surface area contributed by atoms with Gasteiger partial charge in [0.05, 0.1) is 5.70 Å². The van der Waals surface area contributed by atoms with Crippen molar-refractivity contribution in [2.75, 3.05) is 23.9 Å². The number of nitrogens with zero attached hydrogens (tertiary/aromatic N) is 2. The van der Waals surface area contributed by atoms with Gasteiger partial charge in [-0.3, -0.25) is 13.6 Å². The van der Waals surface area contributed by atoms with Crippen molar-refractivity contribution < 1.29 is 17.0 Å². The van der Waals surface area contributed by atoms with Crippen LogP contribution in [0.5, 0.6) is 0 Å². The molecule has 2 heterocycles. The van der Waals surface area contributed by atoms with Crippen molar-refractivity contribution in [3.8, 4) is 0 Å². The molecular weight excluding hydrogens is 451 g/mol. The summed E-state index contributed by atoms with van der Waals surface area (Å²) in [7, 11) is -4.85. The van der Waals surface area contributed by atoms with Crippen LogP contribution in [0.4, 0.5) is 14.3 Å². The number of benzene rings is 1. The summed E-state index contributed by atoms with van der Waals surface area (Å²) in [5.74, 6) is 0.425. The van der Waals surface area contributed by atoms with Gasteiger partial charge >= 0.3 is 7.40 Å². The Morgan fingerprint density at radius 2 is 1.81 bits per heavy atom. The van der Waals surface area contributed by atoms with E-state index >= 15 is 0 Å². The van der Waals surface area contributed by atoms with Gasteiger partial charge in [-0.05, 0) is 79.5 Å². The Bertz CT molecular complexity index is 1210. The molecule has 1 aliphatic rings. The predicted molar refractivity (Wildman–Crippen MR) is 132 cm³/mol. The standard InChI is InChI=1S/C22H26BF2N3O2S2/c1-14-12-16(3)27-21(14)20(22-15(2)13-17(4)28(22)23(24)25)18-6-8-19(9-7-18)26-10-11-31-32(5,29)30/h6-9,12-13,26H,10-11H2,1-5H3/b21-20-. The minimum Gasteiger partial charge on any atom is -0.384 e. The molecule has 1 aromatic carbocycles. The minimum absolute atomic E-state index is 0.425. The molecule has 0 saturated heterocycles. The number of aromatic nitrogens is 1. The van der Waals surface area contributed by atoms with Crippen molar-refractivity contribution in [2.45, 2.75) is 27.7 Å². The lowest BCUT2D eigenvalue weighted by Gasteiger charge is -2.17. The lowest BCUT2D eigenvalue weighted by molar-refractivity contribution is 0.615. The number of aliphatic imine (C=N–C) groups is 1. The fourth-order valence-corrected chi connectivity index (χ4v) is 5.49. The van der Waals surface area contributed by atoms with Crippen LogP contribution in [0, 0.1) is 13.8 Å². The molecule has 0 atom stereocenters. The van der Waals surface area contributed by atoms with E-state index in [0.29, 0.717) is 35.0 Å². The van der Waals surface area contributed by atoms with E-state index in [9.17, 15) is 17.0 Å². The molecule has 0 bridgehead atoms. The van der Waals surface area contributed by atoms with Gasteiger partial charge in [-0.25, -0.2) is 8.42 Å². The lowest BCUT2D eigenvalue weighted by Crippen LogP contribution is -2.18. The zero-order chi connectivity index (χ0) is 23.6. The SMILES string of the molecule is CC1=CC(C)=N/C1=C(/c1ccc(NCCSS(C)(=O)=O)cc1)c1c(C)cc(C)n1B(F)F. The maximum Gasteiger partial charge on any atom is 0.677 e. The third kappa shape index (κ3) is 5.53. The van der Waals surface area contributed by atoms with E-state index in [1.54, 1.807) is 13.0 Å². The molecule has 1 aromatic heterocycles. The molecule has 32 heavy (non-hydrogen) atoms. The maximum absolute atomic E-state index is 14.0. The Labute approximate surface area is 192 Å². The topological polar surface area (TPSA) is 63.5 Å². The predicted octanol–water partition coefficient (Wildman–Crippen LogP) is 5.16. The zero-order valence-electron chi connectivity index (χ0n) is 18.7. The highest BCUT2D eigenvalue weighted by molar-refractivity contribution is 8.71. The van der Waals surface area contributed by atoms with Crippen molar-refractivity contribution in [1.82, 2.24) is 4.48 Å². The van der Waals surface area contributed by atoms with Crippen molar-refractivity contribution in [1.29, 1.82) is 0 Å². The molecule has 2 aromatic rings. The molecule has 10 heteroatoms. The van der Waals surface area contributed by atoms with Gasteiger partial charge in [-0.1, -0.05) is 12.1 Å². The van der Waals surface area contributed by atoms with Crippen LogP contribution in [-0.4, -0.2) is 44.6 Å². The summed E-state index contributed by atoms with van der Waals surface area (Å²) in [6.45, 7) is 7.82. The average molecular weight is 477 g/mol. The third-order valence-corrected chi connectivity index (χ3v) is 7.66. The Hall–Kier alpha value is -2.33. The molecule has 3 rings (SSSR count). The van der Waals surface area contributed by atoms with E-state index in [1.165, 1.54) is 6.26 Å². The highest BCUT2D eigenvalue weighted by Crippen LogP contribution is 2.37. The molecule has 0 spiro atoms. The highest BCUT2D eigenvalue weighted by Gasteiger charge is 2.29. The van der Waals surface area contributed by atoms with E-state index in [0.717, 1.165) is 43.4 Å². The first-order chi connectivity index (χ1) is 15.0. The van der Waals surface area contributed by atoms with Gasteiger partial charge in [0.2, 0.25) is 0 Å². The number of halogens is 2. The molecule has 0 amide bonds. The van der Waals surface area contributed by atoms with Crippen LogP contribution in [-0.2, 0) is 8.87 Å². The monoisotopic (exact) mass is 477 g/mol. The van der Waals surface area contributed by atoms with Crippen LogP contribution < -0.4 is 5.32 Å². The molecule has 0 saturated carbocycles. The zero-order valence-corrected chi connectivity index (χ0v) is 20.4. The molecule has 5 nitrogen and oxygen atoms in total. The van der Waals surface area contributed by atoms with E-state index in [-0.39, 0.29) is 0 Å². The van der Waals surface area contributed by atoms with Crippen LogP contribution in [0.15, 0.2) is 52.7 Å². The molecule has 170 valence electrons. The smallest absolute Gasteiger partial charge is 0.384 e. The van der Waals surface area contributed by atoms with Gasteiger partial charge in [0.15, 0.2) is 8.87 Å². The average Bonchev–Trinajstić information content (AvgIpc) is 3.17. The Kier molecular flexibility index (Phi) is 7.34. The third-order valence-electron chi connectivity index (χ3n) is 5.08. The first kappa shape index (κ1) is 24.3. The van der Waals surface area contributed by atoms with E-state index in [2.05, 4.69) is 10.3 Å². The first-order valence-corrected chi connectivity index (χ1v) is 13.5. The molecule has 0 radical (unpaired) electrons. The molecule has 0 aliphatic carbocycles. The first-order valence-electron chi connectivity index (χ1n) is 10.1. The minimum atomic E-state index is -3.07. The summed E-state index contributed by atoms with van der Waals surface area (Å²) < 4.78 is 51.5. The van der Waals surface area contributed by atoms with Gasteiger partial charge in [0.25, 0.3) is 0 Å². The fraction of sp³-hybridized carbons (Fsp3) is 0.318. The largest absolute Gasteiger partial charge is 0.677 e. The number of aryl methyl sites for hydroxylation is 2. The molecular formula is C22H26BF2N3O2S2. The summed E-state index contributed by atoms with van der Waals surface area (Å²) in [5.41, 5.74) is 6.44. The van der Waals surface area contributed by atoms with Crippen molar-refractivity contribution in [3.05, 3.63) is 70.2 Å². The number of nitrogens with one attached hydrogen (secondary N) is 1. The summed E-state index contributed by atoms with van der Waals surface area (Å²) in [5, 5.41) is 3.19. The highest BCUT2D eigenvalue weighted by atomic mass is 33.1. The normalized spacial score (nSPS) is 15.5. The fourth-order valence-electron chi connectivity index (χ4n) is 3.85. The van der Waals surface area contributed by atoms with Crippen LogP contribution >= 0.6 is 10.8 Å². The number of hydrogen-bond acceptors (Lipinski definition) is 5. The Balaban J connectivity index is 2.01. The van der Waals surface area contributed by atoms with Gasteiger partial charge < -0.3 is 9.79 Å². The van der Waals surface area contributed by atoms with Crippen molar-refractivity contribution in [3.63, 3.8) is 0 Å². The Morgan fingerprint density at radius 1 is 1.16 bits per heavy atom. The Morgan fingerprint density at radius 3 is 2.34 bits per heavy atom. The summed E-state index contributed by atoms with van der Waals surface area (Å²) in [4.78, 5) is 4.65. The quantitative estimate of drug-likeness (QED) is 0.324. The second-order valence-electron chi connectivity index (χ2n) is 7.80. The molecule has 1 aliphatic heterocycles. The summed E-state index contributed by atoms with van der Waals surface area (Å²) in [6, 6.07) is 9.25. The molecule has 0 fully saturated rings. The lowest BCUT2D eigenvalue weighted by atomic mass is 9.94. The summed E-state index contributed by atoms with van der Waals surface area (Å²) >= 11 is 0. The van der Waals surface area contributed by atoms with Crippen LogP contribution in [0.1, 0.15) is 36.4 Å². The van der Waals surface area contributed by atoms with E-state index in [4.69, 9.17) is 0 Å². The van der Waals surface area contributed by atoms with Gasteiger partial charge in [0, 0.05) is 46.9 Å². The van der Waals surface area contributed by atoms with Crippen molar-refractivity contribution in [2.24, 2.45) is 4.99 Å². The molecule has 1 N–H and O–H groups in total.